The van der Waals surface area contributed by atoms with Gasteiger partial charge in [0.05, 0.1) is 0 Å². The maximum atomic E-state index is 12.5. The van der Waals surface area contributed by atoms with Crippen molar-refractivity contribution in [3.05, 3.63) is 54.0 Å². The summed E-state index contributed by atoms with van der Waals surface area (Å²) in [5.74, 6) is 1.37. The molecule has 2 aromatic rings. The van der Waals surface area contributed by atoms with Crippen LogP contribution < -0.4 is 4.90 Å². The van der Waals surface area contributed by atoms with E-state index in [9.17, 15) is 4.79 Å². The minimum absolute atomic E-state index is 0.179. The number of likely N-dealkylation sites (tertiary alicyclic amines) is 1. The van der Waals surface area contributed by atoms with Gasteiger partial charge in [0.15, 0.2) is 0 Å². The Morgan fingerprint density at radius 2 is 2.04 bits per heavy atom. The second-order valence-electron chi connectivity index (χ2n) is 7.78. The number of anilines is 1. The molecule has 26 heavy (non-hydrogen) atoms. The second kappa shape index (κ2) is 7.06. The number of amides is 1. The lowest BCUT2D eigenvalue weighted by Gasteiger charge is -2.48. The van der Waals surface area contributed by atoms with E-state index < -0.39 is 0 Å². The van der Waals surface area contributed by atoms with Crippen LogP contribution in [0.3, 0.4) is 0 Å². The molecule has 1 spiro atoms. The molecule has 0 unspecified atom stereocenters. The van der Waals surface area contributed by atoms with E-state index in [2.05, 4.69) is 27.9 Å². The largest absolute Gasteiger partial charge is 0.356 e. The molecule has 136 valence electrons. The van der Waals surface area contributed by atoms with Crippen molar-refractivity contribution in [2.24, 2.45) is 5.41 Å². The molecule has 0 saturated carbocycles. The van der Waals surface area contributed by atoms with E-state index in [1.807, 2.05) is 35.5 Å². The number of rotatable bonds is 3. The number of pyridine rings is 2. The van der Waals surface area contributed by atoms with Gasteiger partial charge in [0, 0.05) is 56.6 Å². The molecule has 4 heterocycles. The zero-order valence-electron chi connectivity index (χ0n) is 15.4. The topological polar surface area (TPSA) is 49.3 Å². The minimum Gasteiger partial charge on any atom is -0.356 e. The van der Waals surface area contributed by atoms with Crippen molar-refractivity contribution in [2.45, 2.75) is 39.2 Å². The summed E-state index contributed by atoms with van der Waals surface area (Å²) in [6.45, 7) is 5.67. The van der Waals surface area contributed by atoms with Gasteiger partial charge in [-0.15, -0.1) is 0 Å². The highest BCUT2D eigenvalue weighted by atomic mass is 16.2. The standard InChI is InChI=1S/C21H26N4O/c1-17-5-2-11-23-20(17)24-12-4-8-21(15-24)9-7-19(26)25(16-21)14-18-6-3-10-22-13-18/h2-3,5-6,10-11,13H,4,7-9,12,14-16H2,1H3/t21-/m0/s1. The zero-order chi connectivity index (χ0) is 18.0. The fourth-order valence-electron chi connectivity index (χ4n) is 4.49. The number of aromatic nitrogens is 2. The Bertz CT molecular complexity index is 779. The van der Waals surface area contributed by atoms with Gasteiger partial charge in [0.2, 0.25) is 5.91 Å². The van der Waals surface area contributed by atoms with Crippen molar-refractivity contribution in [3.8, 4) is 0 Å². The molecule has 5 heteroatoms. The van der Waals surface area contributed by atoms with Gasteiger partial charge in [-0.25, -0.2) is 4.98 Å². The van der Waals surface area contributed by atoms with Crippen LogP contribution in [0.2, 0.25) is 0 Å². The number of nitrogens with zero attached hydrogens (tertiary/aromatic N) is 4. The first-order valence-corrected chi connectivity index (χ1v) is 9.49. The van der Waals surface area contributed by atoms with Gasteiger partial charge in [-0.3, -0.25) is 9.78 Å². The first-order valence-electron chi connectivity index (χ1n) is 9.49. The second-order valence-corrected chi connectivity index (χ2v) is 7.78. The van der Waals surface area contributed by atoms with Crippen LogP contribution in [-0.2, 0) is 11.3 Å². The predicted molar refractivity (Wildman–Crippen MR) is 102 cm³/mol. The molecule has 1 atom stereocenters. The highest BCUT2D eigenvalue weighted by Crippen LogP contribution is 2.40. The van der Waals surface area contributed by atoms with Crippen LogP contribution in [0.4, 0.5) is 5.82 Å². The lowest BCUT2D eigenvalue weighted by Crippen LogP contribution is -2.54. The van der Waals surface area contributed by atoms with E-state index in [-0.39, 0.29) is 11.3 Å². The van der Waals surface area contributed by atoms with E-state index >= 15 is 0 Å². The summed E-state index contributed by atoms with van der Waals surface area (Å²) in [6, 6.07) is 8.11. The number of carbonyl (C=O) groups excluding carboxylic acids is 1. The van der Waals surface area contributed by atoms with E-state index in [4.69, 9.17) is 0 Å². The Morgan fingerprint density at radius 1 is 1.15 bits per heavy atom. The van der Waals surface area contributed by atoms with Crippen LogP contribution in [0, 0.1) is 12.3 Å². The van der Waals surface area contributed by atoms with Crippen LogP contribution in [0.5, 0.6) is 0 Å². The average Bonchev–Trinajstić information content (AvgIpc) is 2.66. The Kier molecular flexibility index (Phi) is 4.62. The summed E-state index contributed by atoms with van der Waals surface area (Å²) in [5, 5.41) is 0. The molecular formula is C21H26N4O. The highest BCUT2D eigenvalue weighted by molar-refractivity contribution is 5.77. The van der Waals surface area contributed by atoms with Crippen LogP contribution in [0.1, 0.15) is 36.8 Å². The summed E-state index contributed by atoms with van der Waals surface area (Å²) >= 11 is 0. The average molecular weight is 350 g/mol. The molecule has 0 aromatic carbocycles. The van der Waals surface area contributed by atoms with Gasteiger partial charge in [-0.05, 0) is 49.4 Å². The molecule has 0 aliphatic carbocycles. The van der Waals surface area contributed by atoms with Crippen LogP contribution in [0.15, 0.2) is 42.9 Å². The molecular weight excluding hydrogens is 324 g/mol. The summed E-state index contributed by atoms with van der Waals surface area (Å²) < 4.78 is 0. The van der Waals surface area contributed by atoms with Gasteiger partial charge in [0.1, 0.15) is 5.82 Å². The number of aryl methyl sites for hydroxylation is 1. The Balaban J connectivity index is 1.52. The van der Waals surface area contributed by atoms with Crippen LogP contribution in [0.25, 0.3) is 0 Å². The van der Waals surface area contributed by atoms with Crippen molar-refractivity contribution in [2.75, 3.05) is 24.5 Å². The summed E-state index contributed by atoms with van der Waals surface area (Å²) in [4.78, 5) is 25.8. The molecule has 0 N–H and O–H groups in total. The van der Waals surface area contributed by atoms with E-state index in [0.29, 0.717) is 13.0 Å². The summed E-state index contributed by atoms with van der Waals surface area (Å²) in [7, 11) is 0. The minimum atomic E-state index is 0.179. The normalized spacial score (nSPS) is 23.5. The molecule has 0 radical (unpaired) electrons. The van der Waals surface area contributed by atoms with Crippen LogP contribution >= 0.6 is 0 Å². The number of piperidine rings is 2. The SMILES string of the molecule is Cc1cccnc1N1CCC[C@]2(CCC(=O)N(Cc3cccnc3)C2)C1. The van der Waals surface area contributed by atoms with Gasteiger partial charge >= 0.3 is 0 Å². The predicted octanol–water partition coefficient (Wildman–Crippen LogP) is 3.19. The molecule has 0 bridgehead atoms. The Morgan fingerprint density at radius 3 is 2.85 bits per heavy atom. The monoisotopic (exact) mass is 350 g/mol. The summed E-state index contributed by atoms with van der Waals surface area (Å²) in [6.07, 6.45) is 9.49. The quantitative estimate of drug-likeness (QED) is 0.853. The van der Waals surface area contributed by atoms with Gasteiger partial charge in [-0.1, -0.05) is 12.1 Å². The van der Waals surface area contributed by atoms with Gasteiger partial charge < -0.3 is 9.80 Å². The molecule has 2 aliphatic rings. The smallest absolute Gasteiger partial charge is 0.222 e. The van der Waals surface area contributed by atoms with Crippen LogP contribution in [-0.4, -0.2) is 40.4 Å². The third-order valence-corrected chi connectivity index (χ3v) is 5.79. The van der Waals surface area contributed by atoms with Crippen molar-refractivity contribution >= 4 is 11.7 Å². The molecule has 5 nitrogen and oxygen atoms in total. The molecule has 2 aromatic heterocycles. The van der Waals surface area contributed by atoms with Gasteiger partial charge in [-0.2, -0.15) is 0 Å². The van der Waals surface area contributed by atoms with Crippen molar-refractivity contribution in [1.82, 2.24) is 14.9 Å². The number of hydrogen-bond donors (Lipinski definition) is 0. The molecule has 2 fully saturated rings. The lowest BCUT2D eigenvalue weighted by atomic mass is 9.73. The molecule has 1 amide bonds. The van der Waals surface area contributed by atoms with E-state index in [1.54, 1.807) is 6.20 Å². The third-order valence-electron chi connectivity index (χ3n) is 5.79. The molecule has 4 rings (SSSR count). The Hall–Kier alpha value is -2.43. The van der Waals surface area contributed by atoms with E-state index in [0.717, 1.165) is 43.9 Å². The van der Waals surface area contributed by atoms with E-state index in [1.165, 1.54) is 12.0 Å². The van der Waals surface area contributed by atoms with Crippen molar-refractivity contribution < 1.29 is 4.79 Å². The first kappa shape index (κ1) is 17.0. The lowest BCUT2D eigenvalue weighted by molar-refractivity contribution is -0.138. The van der Waals surface area contributed by atoms with Crippen molar-refractivity contribution in [3.63, 3.8) is 0 Å². The first-order chi connectivity index (χ1) is 12.7. The zero-order valence-corrected chi connectivity index (χ0v) is 15.4. The van der Waals surface area contributed by atoms with Gasteiger partial charge in [0.25, 0.3) is 0 Å². The maximum absolute atomic E-state index is 12.5. The molecule has 2 aliphatic heterocycles. The molecule has 2 saturated heterocycles. The Labute approximate surface area is 155 Å². The third kappa shape index (κ3) is 3.43. The summed E-state index contributed by atoms with van der Waals surface area (Å²) in [5.41, 5.74) is 2.51. The van der Waals surface area contributed by atoms with Crippen molar-refractivity contribution in [1.29, 1.82) is 0 Å². The number of carbonyl (C=O) groups is 1. The fourth-order valence-corrected chi connectivity index (χ4v) is 4.49. The highest BCUT2D eigenvalue weighted by Gasteiger charge is 2.42. The fraction of sp³-hybridized carbons (Fsp3) is 0.476. The maximum Gasteiger partial charge on any atom is 0.222 e. The number of hydrogen-bond acceptors (Lipinski definition) is 4.